The number of benzene rings is 3. The van der Waals surface area contributed by atoms with E-state index >= 15 is 0 Å². The molecular weight excluding hydrogens is 429 g/mol. The van der Waals surface area contributed by atoms with Crippen molar-refractivity contribution in [3.63, 3.8) is 0 Å². The van der Waals surface area contributed by atoms with Gasteiger partial charge in [0, 0.05) is 11.3 Å². The molecule has 1 atom stereocenters. The summed E-state index contributed by atoms with van der Waals surface area (Å²) in [5.41, 5.74) is -3.92. The fourth-order valence-corrected chi connectivity index (χ4v) is 6.59. The molecule has 1 aliphatic rings. The van der Waals surface area contributed by atoms with Gasteiger partial charge in [-0.2, -0.15) is 13.2 Å². The van der Waals surface area contributed by atoms with Crippen molar-refractivity contribution in [1.29, 1.82) is 0 Å². The van der Waals surface area contributed by atoms with Gasteiger partial charge in [-0.25, -0.2) is 8.42 Å². The maximum atomic E-state index is 13.4. The largest absolute Gasteiger partial charge is 0.501 e. The second kappa shape index (κ2) is 7.63. The van der Waals surface area contributed by atoms with Crippen LogP contribution in [0, 0.1) is 0 Å². The van der Waals surface area contributed by atoms with E-state index in [4.69, 9.17) is 0 Å². The summed E-state index contributed by atoms with van der Waals surface area (Å²) in [6, 6.07) is 26.8. The second-order valence-electron chi connectivity index (χ2n) is 6.90. The highest BCUT2D eigenvalue weighted by molar-refractivity contribution is 8.01. The van der Waals surface area contributed by atoms with Gasteiger partial charge in [0.25, 0.3) is 9.84 Å². The number of sulfone groups is 1. The molecule has 0 amide bonds. The molecule has 0 heterocycles. The van der Waals surface area contributed by atoms with Crippen LogP contribution in [0.1, 0.15) is 17.5 Å². The molecular formula is C23H17F3O2S2. The number of hydrogen-bond donors (Lipinski definition) is 0. The Labute approximate surface area is 177 Å². The number of alkyl halides is 3. The first-order chi connectivity index (χ1) is 14.3. The highest BCUT2D eigenvalue weighted by Crippen LogP contribution is 2.64. The summed E-state index contributed by atoms with van der Waals surface area (Å²) >= 11 is 1.37. The van der Waals surface area contributed by atoms with Gasteiger partial charge in [-0.15, -0.1) is 11.8 Å². The molecule has 0 saturated heterocycles. The minimum atomic E-state index is -5.44. The summed E-state index contributed by atoms with van der Waals surface area (Å²) in [5, 5.41) is 0. The first kappa shape index (κ1) is 20.8. The SMILES string of the molecule is O=S(=O)(C1=C(c2ccccc2)[C@](Sc2ccccc2)(c2ccccc2)C1)C(F)(F)F. The molecule has 1 aliphatic carbocycles. The van der Waals surface area contributed by atoms with E-state index in [0.29, 0.717) is 5.56 Å². The lowest BCUT2D eigenvalue weighted by molar-refractivity contribution is -0.0428. The second-order valence-corrected chi connectivity index (χ2v) is 10.2. The van der Waals surface area contributed by atoms with E-state index in [1.807, 2.05) is 60.7 Å². The highest BCUT2D eigenvalue weighted by atomic mass is 32.2. The van der Waals surface area contributed by atoms with Gasteiger partial charge >= 0.3 is 5.51 Å². The van der Waals surface area contributed by atoms with Crippen LogP contribution in [0.3, 0.4) is 0 Å². The Morgan fingerprint density at radius 1 is 0.767 bits per heavy atom. The molecule has 30 heavy (non-hydrogen) atoms. The van der Waals surface area contributed by atoms with E-state index in [-0.39, 0.29) is 12.0 Å². The Morgan fingerprint density at radius 2 is 1.27 bits per heavy atom. The molecule has 3 aromatic carbocycles. The first-order valence-corrected chi connectivity index (χ1v) is 11.5. The van der Waals surface area contributed by atoms with Crippen molar-refractivity contribution in [1.82, 2.24) is 0 Å². The average molecular weight is 447 g/mol. The molecule has 2 nitrogen and oxygen atoms in total. The van der Waals surface area contributed by atoms with Gasteiger partial charge in [0.1, 0.15) is 0 Å². The summed E-state index contributed by atoms with van der Waals surface area (Å²) in [4.78, 5) is 0.284. The quantitative estimate of drug-likeness (QED) is 0.453. The van der Waals surface area contributed by atoms with Crippen LogP contribution in [0.2, 0.25) is 0 Å². The Bertz CT molecular complexity index is 1170. The van der Waals surface area contributed by atoms with E-state index in [1.54, 1.807) is 30.3 Å². The molecule has 0 spiro atoms. The predicted octanol–water partition coefficient (Wildman–Crippen LogP) is 6.42. The molecule has 4 rings (SSSR count). The zero-order valence-electron chi connectivity index (χ0n) is 15.6. The third kappa shape index (κ3) is 3.46. The lowest BCUT2D eigenvalue weighted by atomic mass is 9.74. The van der Waals surface area contributed by atoms with E-state index in [0.717, 1.165) is 10.5 Å². The Balaban J connectivity index is 1.98. The fourth-order valence-electron chi connectivity index (χ4n) is 3.68. The third-order valence-electron chi connectivity index (χ3n) is 5.06. The standard InChI is InChI=1S/C23H17F3O2S2/c24-23(25,26)30(27,28)20-16-22(18-12-6-2-7-13-18,29-19-14-8-3-9-15-19)21(20)17-10-4-1-5-11-17/h1-15H,16H2/t22-/m1/s1. The zero-order valence-corrected chi connectivity index (χ0v) is 17.3. The van der Waals surface area contributed by atoms with E-state index in [9.17, 15) is 21.6 Å². The van der Waals surface area contributed by atoms with Crippen molar-refractivity contribution in [3.8, 4) is 0 Å². The van der Waals surface area contributed by atoms with Crippen molar-refractivity contribution in [2.75, 3.05) is 0 Å². The van der Waals surface area contributed by atoms with E-state index < -0.39 is 25.0 Å². The molecule has 0 aromatic heterocycles. The third-order valence-corrected chi connectivity index (χ3v) is 8.11. The summed E-state index contributed by atoms with van der Waals surface area (Å²) in [6.45, 7) is 0. The van der Waals surface area contributed by atoms with Gasteiger partial charge in [0.15, 0.2) is 0 Å². The Hall–Kier alpha value is -2.51. The van der Waals surface area contributed by atoms with Crippen molar-refractivity contribution < 1.29 is 21.6 Å². The molecule has 0 radical (unpaired) electrons. The maximum absolute atomic E-state index is 13.4. The van der Waals surface area contributed by atoms with Crippen LogP contribution in [0.4, 0.5) is 13.2 Å². The van der Waals surface area contributed by atoms with Gasteiger partial charge in [0.2, 0.25) is 0 Å². The average Bonchev–Trinajstić information content (AvgIpc) is 2.72. The van der Waals surface area contributed by atoms with Crippen LogP contribution in [0.15, 0.2) is 101 Å². The number of allylic oxidation sites excluding steroid dienone is 1. The topological polar surface area (TPSA) is 34.1 Å². The van der Waals surface area contributed by atoms with Crippen LogP contribution in [0.5, 0.6) is 0 Å². The first-order valence-electron chi connectivity index (χ1n) is 9.16. The highest BCUT2D eigenvalue weighted by Gasteiger charge is 2.59. The number of halogens is 3. The number of rotatable bonds is 5. The van der Waals surface area contributed by atoms with Gasteiger partial charge in [-0.05, 0) is 28.8 Å². The van der Waals surface area contributed by atoms with Crippen LogP contribution < -0.4 is 0 Å². The van der Waals surface area contributed by atoms with Crippen molar-refractivity contribution in [2.45, 2.75) is 21.6 Å². The molecule has 3 aromatic rings. The minimum Gasteiger partial charge on any atom is -0.215 e. The number of thioether (sulfide) groups is 1. The monoisotopic (exact) mass is 446 g/mol. The molecule has 0 fully saturated rings. The summed E-state index contributed by atoms with van der Waals surface area (Å²) in [5.74, 6) is 0. The van der Waals surface area contributed by atoms with E-state index in [2.05, 4.69) is 0 Å². The lowest BCUT2D eigenvalue weighted by Gasteiger charge is -2.46. The molecule has 0 N–H and O–H groups in total. The van der Waals surface area contributed by atoms with Crippen LogP contribution in [-0.2, 0) is 14.6 Å². The van der Waals surface area contributed by atoms with Crippen molar-refractivity contribution >= 4 is 27.2 Å². The molecule has 0 aliphatic heterocycles. The fraction of sp³-hybridized carbons (Fsp3) is 0.130. The normalized spacial score (nSPS) is 19.4. The molecule has 7 heteroatoms. The summed E-state index contributed by atoms with van der Waals surface area (Å²) in [6.07, 6.45) is -0.233. The molecule has 154 valence electrons. The molecule has 0 bridgehead atoms. The lowest BCUT2D eigenvalue weighted by Crippen LogP contribution is -2.40. The zero-order chi connectivity index (χ0) is 21.4. The Morgan fingerprint density at radius 3 is 1.80 bits per heavy atom. The smallest absolute Gasteiger partial charge is 0.215 e. The van der Waals surface area contributed by atoms with Crippen molar-refractivity contribution in [2.24, 2.45) is 0 Å². The summed E-state index contributed by atoms with van der Waals surface area (Å²) < 4.78 is 64.2. The van der Waals surface area contributed by atoms with Gasteiger partial charge in [-0.3, -0.25) is 0 Å². The molecule has 0 unspecified atom stereocenters. The molecule has 0 saturated carbocycles. The Kier molecular flexibility index (Phi) is 5.28. The van der Waals surface area contributed by atoms with Gasteiger partial charge in [-0.1, -0.05) is 78.9 Å². The van der Waals surface area contributed by atoms with Crippen molar-refractivity contribution in [3.05, 3.63) is 107 Å². The van der Waals surface area contributed by atoms with Crippen LogP contribution >= 0.6 is 11.8 Å². The minimum absolute atomic E-state index is 0.195. The maximum Gasteiger partial charge on any atom is 0.501 e. The van der Waals surface area contributed by atoms with Crippen LogP contribution in [0.25, 0.3) is 5.57 Å². The predicted molar refractivity (Wildman–Crippen MR) is 113 cm³/mol. The number of hydrogen-bond acceptors (Lipinski definition) is 3. The van der Waals surface area contributed by atoms with Crippen LogP contribution in [-0.4, -0.2) is 13.9 Å². The van der Waals surface area contributed by atoms with E-state index in [1.165, 1.54) is 11.8 Å². The summed E-state index contributed by atoms with van der Waals surface area (Å²) in [7, 11) is -5.44. The van der Waals surface area contributed by atoms with Gasteiger partial charge < -0.3 is 0 Å². The van der Waals surface area contributed by atoms with Gasteiger partial charge in [0.05, 0.1) is 9.65 Å².